The zero-order valence-electron chi connectivity index (χ0n) is 22.3. The van der Waals surface area contributed by atoms with Crippen LogP contribution in [-0.4, -0.2) is 62.2 Å². The van der Waals surface area contributed by atoms with E-state index in [2.05, 4.69) is 4.98 Å². The van der Waals surface area contributed by atoms with E-state index in [1.807, 2.05) is 56.6 Å². The van der Waals surface area contributed by atoms with E-state index in [-0.39, 0.29) is 42.9 Å². The molecule has 1 saturated heterocycles. The number of likely N-dealkylation sites (tertiary alicyclic amines) is 1. The van der Waals surface area contributed by atoms with Crippen LogP contribution in [0.25, 0.3) is 10.4 Å². The molecule has 7 nitrogen and oxygen atoms in total. The van der Waals surface area contributed by atoms with Crippen LogP contribution in [0.3, 0.4) is 0 Å². The summed E-state index contributed by atoms with van der Waals surface area (Å²) in [5, 5.41) is 10.9. The molecule has 9 heteroatoms. The van der Waals surface area contributed by atoms with Crippen LogP contribution in [0.2, 0.25) is 5.02 Å². The Morgan fingerprint density at radius 3 is 2.59 bits per heavy atom. The van der Waals surface area contributed by atoms with Gasteiger partial charge in [0.2, 0.25) is 5.91 Å². The molecular weight excluding hydrogens is 534 g/mol. The lowest BCUT2D eigenvalue weighted by Gasteiger charge is -2.35. The number of benzene rings is 2. The normalized spacial score (nSPS) is 19.6. The van der Waals surface area contributed by atoms with Crippen molar-refractivity contribution in [2.75, 3.05) is 6.54 Å². The van der Waals surface area contributed by atoms with Crippen LogP contribution in [0.1, 0.15) is 53.9 Å². The molecule has 0 saturated carbocycles. The summed E-state index contributed by atoms with van der Waals surface area (Å²) < 4.78 is 0. The first-order valence-electron chi connectivity index (χ1n) is 13.2. The lowest BCUT2D eigenvalue weighted by molar-refractivity contribution is -0.142. The van der Waals surface area contributed by atoms with Crippen molar-refractivity contribution in [3.05, 3.63) is 75.4 Å². The standard InChI is InChI=1S/C30H32ClN3O4S/c1-17(2)27(34-14-21-9-10-22(31)12-24(21)29(34)37)30(38)33-15-23(35)13-25(33)26(36)11-6-19-4-7-20(8-5-19)28-18(3)32-16-39-28/h4-5,7-10,12,16-17,23,25,27,35H,6,11,13-15H2,1-3H3/t23-,25?,27+/m1/s1. The second-order valence-electron chi connectivity index (χ2n) is 10.7. The second kappa shape index (κ2) is 11.2. The fourth-order valence-corrected chi connectivity index (χ4v) is 6.65. The van der Waals surface area contributed by atoms with Crippen molar-refractivity contribution in [1.29, 1.82) is 0 Å². The maximum absolute atomic E-state index is 13.9. The van der Waals surface area contributed by atoms with Gasteiger partial charge < -0.3 is 14.9 Å². The zero-order chi connectivity index (χ0) is 27.8. The van der Waals surface area contributed by atoms with E-state index in [4.69, 9.17) is 11.6 Å². The van der Waals surface area contributed by atoms with Gasteiger partial charge in [-0.05, 0) is 48.1 Å². The number of halogens is 1. The fourth-order valence-electron chi connectivity index (χ4n) is 5.67. The topological polar surface area (TPSA) is 90.8 Å². The minimum Gasteiger partial charge on any atom is -0.391 e. The van der Waals surface area contributed by atoms with Crippen molar-refractivity contribution in [1.82, 2.24) is 14.8 Å². The smallest absolute Gasteiger partial charge is 0.255 e. The predicted octanol–water partition coefficient (Wildman–Crippen LogP) is 4.92. The minimum atomic E-state index is -0.775. The van der Waals surface area contributed by atoms with E-state index >= 15 is 0 Å². The molecule has 2 aliphatic rings. The van der Waals surface area contributed by atoms with Crippen molar-refractivity contribution in [2.45, 2.75) is 64.8 Å². The first kappa shape index (κ1) is 27.5. The number of carbonyl (C=O) groups is 3. The third-order valence-corrected chi connectivity index (χ3v) is 8.89. The van der Waals surface area contributed by atoms with Gasteiger partial charge in [0.05, 0.1) is 28.2 Å². The summed E-state index contributed by atoms with van der Waals surface area (Å²) in [4.78, 5) is 49.0. The van der Waals surface area contributed by atoms with Crippen LogP contribution in [0.5, 0.6) is 0 Å². The van der Waals surface area contributed by atoms with Gasteiger partial charge in [0, 0.05) is 36.5 Å². The largest absolute Gasteiger partial charge is 0.391 e. The molecule has 0 bridgehead atoms. The summed E-state index contributed by atoms with van der Waals surface area (Å²) in [6.45, 7) is 6.17. The number of thiazole rings is 1. The van der Waals surface area contributed by atoms with Crippen LogP contribution < -0.4 is 0 Å². The molecule has 3 heterocycles. The first-order chi connectivity index (χ1) is 18.6. The Kier molecular flexibility index (Phi) is 7.89. The van der Waals surface area contributed by atoms with Gasteiger partial charge in [-0.15, -0.1) is 11.3 Å². The molecular formula is C30H32ClN3O4S. The van der Waals surface area contributed by atoms with Crippen LogP contribution in [-0.2, 0) is 22.6 Å². The van der Waals surface area contributed by atoms with Gasteiger partial charge in [-0.1, -0.05) is 55.8 Å². The van der Waals surface area contributed by atoms with Gasteiger partial charge in [-0.25, -0.2) is 4.98 Å². The van der Waals surface area contributed by atoms with E-state index < -0.39 is 18.2 Å². The number of amides is 2. The molecule has 2 amide bonds. The van der Waals surface area contributed by atoms with E-state index in [0.29, 0.717) is 23.6 Å². The van der Waals surface area contributed by atoms with E-state index in [1.165, 1.54) is 4.90 Å². The van der Waals surface area contributed by atoms with Crippen molar-refractivity contribution >= 4 is 40.5 Å². The quantitative estimate of drug-likeness (QED) is 0.419. The molecule has 2 aliphatic heterocycles. The van der Waals surface area contributed by atoms with Crippen LogP contribution in [0, 0.1) is 12.8 Å². The maximum atomic E-state index is 13.9. The Bertz CT molecular complexity index is 1400. The summed E-state index contributed by atoms with van der Waals surface area (Å²) >= 11 is 7.71. The Morgan fingerprint density at radius 1 is 1.18 bits per heavy atom. The first-order valence-corrected chi connectivity index (χ1v) is 14.5. The number of aliphatic hydroxyl groups excluding tert-OH is 1. The Morgan fingerprint density at radius 2 is 1.92 bits per heavy atom. The van der Waals surface area contributed by atoms with Gasteiger partial charge >= 0.3 is 0 Å². The minimum absolute atomic E-state index is 0.0763. The van der Waals surface area contributed by atoms with E-state index in [1.54, 1.807) is 28.4 Å². The third kappa shape index (κ3) is 5.51. The number of aromatic nitrogens is 1. The molecule has 0 spiro atoms. The second-order valence-corrected chi connectivity index (χ2v) is 12.0. The monoisotopic (exact) mass is 565 g/mol. The molecule has 3 atom stereocenters. The Labute approximate surface area is 237 Å². The molecule has 1 N–H and O–H groups in total. The zero-order valence-corrected chi connectivity index (χ0v) is 23.8. The average Bonchev–Trinajstić information content (AvgIpc) is 3.60. The summed E-state index contributed by atoms with van der Waals surface area (Å²) in [7, 11) is 0. The summed E-state index contributed by atoms with van der Waals surface area (Å²) in [5.41, 5.74) is 6.29. The van der Waals surface area contributed by atoms with Crippen LogP contribution in [0.4, 0.5) is 0 Å². The number of hydrogen-bond acceptors (Lipinski definition) is 6. The Hall–Kier alpha value is -3.07. The highest BCUT2D eigenvalue weighted by molar-refractivity contribution is 7.13. The number of Topliss-reactive ketones (excluding diaryl/α,β-unsaturated/α-hetero) is 1. The number of nitrogens with zero attached hydrogens (tertiary/aromatic N) is 3. The molecule has 1 fully saturated rings. The number of aliphatic hydroxyl groups is 1. The van der Waals surface area contributed by atoms with Gasteiger partial charge in [-0.2, -0.15) is 0 Å². The predicted molar refractivity (Wildman–Crippen MR) is 152 cm³/mol. The Balaban J connectivity index is 1.28. The van der Waals surface area contributed by atoms with Crippen molar-refractivity contribution in [3.8, 4) is 10.4 Å². The van der Waals surface area contributed by atoms with Crippen molar-refractivity contribution in [2.24, 2.45) is 5.92 Å². The summed E-state index contributed by atoms with van der Waals surface area (Å²) in [5.74, 6) is -0.788. The van der Waals surface area contributed by atoms with Crippen LogP contribution in [0.15, 0.2) is 48.0 Å². The van der Waals surface area contributed by atoms with Gasteiger partial charge in [0.15, 0.2) is 5.78 Å². The molecule has 39 heavy (non-hydrogen) atoms. The van der Waals surface area contributed by atoms with E-state index in [9.17, 15) is 19.5 Å². The average molecular weight is 566 g/mol. The molecule has 0 aliphatic carbocycles. The van der Waals surface area contributed by atoms with Crippen molar-refractivity contribution < 1.29 is 19.5 Å². The molecule has 3 aromatic rings. The number of rotatable bonds is 8. The molecule has 1 unspecified atom stereocenters. The maximum Gasteiger partial charge on any atom is 0.255 e. The van der Waals surface area contributed by atoms with Crippen molar-refractivity contribution in [3.63, 3.8) is 0 Å². The van der Waals surface area contributed by atoms with E-state index in [0.717, 1.165) is 27.3 Å². The summed E-state index contributed by atoms with van der Waals surface area (Å²) in [6.07, 6.45) is 0.244. The van der Waals surface area contributed by atoms with Crippen LogP contribution >= 0.6 is 22.9 Å². The molecule has 5 rings (SSSR count). The highest BCUT2D eigenvalue weighted by atomic mass is 35.5. The number of ketones is 1. The number of fused-ring (bicyclic) bond motifs is 1. The SMILES string of the molecule is Cc1ncsc1-c1ccc(CCC(=O)C2C[C@@H](O)CN2C(=O)[C@H](C(C)C)N2Cc3ccc(Cl)cc3C2=O)cc1. The lowest BCUT2D eigenvalue weighted by atomic mass is 9.98. The molecule has 1 aromatic heterocycles. The number of carbonyl (C=O) groups excluding carboxylic acids is 3. The number of aryl methyl sites for hydroxylation is 2. The molecule has 204 valence electrons. The molecule has 0 radical (unpaired) electrons. The number of hydrogen-bond donors (Lipinski definition) is 1. The molecule has 2 aromatic carbocycles. The highest BCUT2D eigenvalue weighted by Crippen LogP contribution is 2.32. The third-order valence-electron chi connectivity index (χ3n) is 7.68. The van der Waals surface area contributed by atoms with Gasteiger partial charge in [0.25, 0.3) is 5.91 Å². The van der Waals surface area contributed by atoms with Gasteiger partial charge in [-0.3, -0.25) is 14.4 Å². The lowest BCUT2D eigenvalue weighted by Crippen LogP contribution is -2.54. The summed E-state index contributed by atoms with van der Waals surface area (Å²) in [6, 6.07) is 11.9. The number of β-amino-alcohol motifs (C(OH)–C–C–N with tert-alkyl or cyclic N) is 1. The van der Waals surface area contributed by atoms with Gasteiger partial charge in [0.1, 0.15) is 6.04 Å². The fraction of sp³-hybridized carbons (Fsp3) is 0.400. The highest BCUT2D eigenvalue weighted by Gasteiger charge is 2.45.